The lowest BCUT2D eigenvalue weighted by molar-refractivity contribution is -0.387. The topological polar surface area (TPSA) is 80.4 Å². The summed E-state index contributed by atoms with van der Waals surface area (Å²) in [6.07, 6.45) is 1.54. The fraction of sp³-hybridized carbons (Fsp3) is 0. The molecule has 0 bridgehead atoms. The Bertz CT molecular complexity index is 1230. The smallest absolute Gasteiger partial charge is 0.258 e. The molecule has 4 aromatic rings. The Morgan fingerprint density at radius 1 is 1.10 bits per heavy atom. The van der Waals surface area contributed by atoms with E-state index in [0.29, 0.717) is 20.6 Å². The van der Waals surface area contributed by atoms with E-state index in [4.69, 9.17) is 11.6 Å². The van der Waals surface area contributed by atoms with Gasteiger partial charge in [0, 0.05) is 32.5 Å². The lowest BCUT2D eigenvalue weighted by Crippen LogP contribution is -1.95. The third-order valence-corrected chi connectivity index (χ3v) is 6.24. The molecule has 0 radical (unpaired) electrons. The number of nitrogens with zero attached hydrogens (tertiary/aromatic N) is 3. The fourth-order valence-electron chi connectivity index (χ4n) is 2.70. The van der Waals surface area contributed by atoms with Crippen molar-refractivity contribution in [1.82, 2.24) is 4.98 Å². The molecule has 0 aliphatic heterocycles. The van der Waals surface area contributed by atoms with Gasteiger partial charge in [0.1, 0.15) is 0 Å². The molecule has 4 rings (SSSR count). The van der Waals surface area contributed by atoms with Crippen LogP contribution in [0.5, 0.6) is 0 Å². The maximum atomic E-state index is 11.6. The molecule has 1 aromatic heterocycles. The number of hydrogen-bond donors (Lipinski definition) is 1. The summed E-state index contributed by atoms with van der Waals surface area (Å²) in [5.41, 5.74) is 5.40. The highest BCUT2D eigenvalue weighted by Crippen LogP contribution is 2.35. The Labute approximate surface area is 191 Å². The molecule has 1 N–H and O–H groups in total. The largest absolute Gasteiger partial charge is 0.283 e. The summed E-state index contributed by atoms with van der Waals surface area (Å²) in [5.74, 6) is 0. The number of hydrogen-bond acceptors (Lipinski definition) is 7. The normalized spacial score (nSPS) is 11.0. The van der Waals surface area contributed by atoms with Crippen LogP contribution in [0.25, 0.3) is 11.3 Å². The average Bonchev–Trinajstić information content (AvgIpc) is 3.26. The Kier molecular flexibility index (Phi) is 6.61. The summed E-state index contributed by atoms with van der Waals surface area (Å²) in [5, 5.41) is 18.9. The van der Waals surface area contributed by atoms with Gasteiger partial charge in [-0.05, 0) is 30.3 Å². The van der Waals surface area contributed by atoms with Crippen LogP contribution < -0.4 is 5.43 Å². The predicted octanol–water partition coefficient (Wildman–Crippen LogP) is 6.97. The maximum Gasteiger partial charge on any atom is 0.283 e. The van der Waals surface area contributed by atoms with Crippen LogP contribution in [0.2, 0.25) is 5.02 Å². The van der Waals surface area contributed by atoms with Crippen LogP contribution in [0.3, 0.4) is 0 Å². The lowest BCUT2D eigenvalue weighted by Gasteiger charge is -2.04. The quantitative estimate of drug-likeness (QED) is 0.181. The number of aromatic nitrogens is 1. The van der Waals surface area contributed by atoms with Crippen LogP contribution in [-0.4, -0.2) is 16.1 Å². The molecule has 0 aliphatic rings. The minimum absolute atomic E-state index is 0.0181. The van der Waals surface area contributed by atoms with Crippen molar-refractivity contribution in [3.63, 3.8) is 0 Å². The van der Waals surface area contributed by atoms with E-state index in [-0.39, 0.29) is 5.69 Å². The predicted molar refractivity (Wildman–Crippen MR) is 127 cm³/mol. The van der Waals surface area contributed by atoms with Gasteiger partial charge in [-0.3, -0.25) is 15.5 Å². The highest BCUT2D eigenvalue weighted by atomic mass is 35.5. The first-order valence-corrected chi connectivity index (χ1v) is 11.2. The first kappa shape index (κ1) is 21.0. The van der Waals surface area contributed by atoms with Gasteiger partial charge in [-0.25, -0.2) is 4.98 Å². The van der Waals surface area contributed by atoms with E-state index >= 15 is 0 Å². The van der Waals surface area contributed by atoms with Gasteiger partial charge in [-0.15, -0.1) is 11.3 Å². The van der Waals surface area contributed by atoms with Crippen LogP contribution in [0.15, 0.2) is 93.1 Å². The zero-order chi connectivity index (χ0) is 21.6. The molecule has 0 fully saturated rings. The molecule has 6 nitrogen and oxygen atoms in total. The summed E-state index contributed by atoms with van der Waals surface area (Å²) in [6, 6.07) is 22.0. The van der Waals surface area contributed by atoms with Crippen molar-refractivity contribution in [1.29, 1.82) is 0 Å². The van der Waals surface area contributed by atoms with Crippen LogP contribution in [-0.2, 0) is 0 Å². The zero-order valence-electron chi connectivity index (χ0n) is 15.9. The molecule has 0 spiro atoms. The van der Waals surface area contributed by atoms with Crippen molar-refractivity contribution >= 4 is 51.7 Å². The summed E-state index contributed by atoms with van der Waals surface area (Å²) in [6.45, 7) is 0. The Hall–Kier alpha value is -3.20. The van der Waals surface area contributed by atoms with Gasteiger partial charge in [0.05, 0.1) is 21.7 Å². The van der Waals surface area contributed by atoms with Gasteiger partial charge in [-0.1, -0.05) is 59.8 Å². The number of rotatable bonds is 7. The van der Waals surface area contributed by atoms with Crippen molar-refractivity contribution < 1.29 is 4.92 Å². The van der Waals surface area contributed by atoms with Gasteiger partial charge in [0.15, 0.2) is 0 Å². The summed E-state index contributed by atoms with van der Waals surface area (Å²) in [4.78, 5) is 17.1. The van der Waals surface area contributed by atoms with E-state index in [1.165, 1.54) is 35.4 Å². The number of hydrazone groups is 1. The molecule has 154 valence electrons. The van der Waals surface area contributed by atoms with Gasteiger partial charge < -0.3 is 0 Å². The van der Waals surface area contributed by atoms with Crippen molar-refractivity contribution in [2.24, 2.45) is 5.10 Å². The van der Waals surface area contributed by atoms with E-state index in [1.54, 1.807) is 24.3 Å². The van der Waals surface area contributed by atoms with E-state index in [2.05, 4.69) is 15.5 Å². The second-order valence-corrected chi connectivity index (χ2v) is 8.72. The second kappa shape index (κ2) is 9.74. The zero-order valence-corrected chi connectivity index (χ0v) is 18.3. The van der Waals surface area contributed by atoms with Gasteiger partial charge >= 0.3 is 0 Å². The Morgan fingerprint density at radius 2 is 1.87 bits per heavy atom. The average molecular weight is 467 g/mol. The number of nitro groups is 1. The van der Waals surface area contributed by atoms with Crippen LogP contribution in [0.1, 0.15) is 5.56 Å². The second-order valence-electron chi connectivity index (χ2n) is 6.31. The molecule has 0 amide bonds. The number of benzene rings is 3. The molecule has 9 heteroatoms. The minimum atomic E-state index is -0.393. The van der Waals surface area contributed by atoms with Crippen LogP contribution in [0, 0.1) is 10.1 Å². The van der Waals surface area contributed by atoms with E-state index in [0.717, 1.165) is 16.2 Å². The summed E-state index contributed by atoms with van der Waals surface area (Å²) >= 11 is 8.65. The molecular formula is C22H15ClN4O2S2. The highest BCUT2D eigenvalue weighted by Gasteiger charge is 2.15. The number of nitro benzene ring substituents is 1. The van der Waals surface area contributed by atoms with Gasteiger partial charge in [-0.2, -0.15) is 5.10 Å². The van der Waals surface area contributed by atoms with Crippen molar-refractivity contribution in [2.45, 2.75) is 9.79 Å². The van der Waals surface area contributed by atoms with Crippen LogP contribution in [0.4, 0.5) is 10.8 Å². The van der Waals surface area contributed by atoms with Crippen molar-refractivity contribution in [3.05, 3.63) is 98.9 Å². The molecule has 0 atom stereocenters. The molecule has 1 heterocycles. The molecule has 31 heavy (non-hydrogen) atoms. The Balaban J connectivity index is 1.46. The third kappa shape index (κ3) is 5.49. The van der Waals surface area contributed by atoms with Crippen LogP contribution >= 0.6 is 34.7 Å². The van der Waals surface area contributed by atoms with E-state index in [9.17, 15) is 10.1 Å². The van der Waals surface area contributed by atoms with Gasteiger partial charge in [0.25, 0.3) is 5.69 Å². The van der Waals surface area contributed by atoms with E-state index < -0.39 is 4.92 Å². The lowest BCUT2D eigenvalue weighted by atomic mass is 10.2. The first-order valence-electron chi connectivity index (χ1n) is 9.10. The minimum Gasteiger partial charge on any atom is -0.258 e. The number of thiazole rings is 1. The Morgan fingerprint density at radius 3 is 2.61 bits per heavy atom. The van der Waals surface area contributed by atoms with E-state index in [1.807, 2.05) is 47.8 Å². The third-order valence-electron chi connectivity index (χ3n) is 4.17. The van der Waals surface area contributed by atoms with Crippen molar-refractivity contribution in [2.75, 3.05) is 5.43 Å². The molecule has 0 saturated carbocycles. The number of anilines is 1. The molecular weight excluding hydrogens is 452 g/mol. The fourth-order valence-corrected chi connectivity index (χ4v) is 4.40. The molecule has 0 unspecified atom stereocenters. The molecule has 0 saturated heterocycles. The number of nitrogens with one attached hydrogen (secondary N) is 1. The molecule has 3 aromatic carbocycles. The molecule has 0 aliphatic carbocycles. The maximum absolute atomic E-state index is 11.6. The standard InChI is InChI=1S/C22H15ClN4O2S2/c23-17-7-9-18(10-8-17)31-21-11-6-15(12-20(21)27(28)29)13-24-26-22-25-19(14-30-22)16-4-2-1-3-5-16/h1-14H,(H,25,26). The summed E-state index contributed by atoms with van der Waals surface area (Å²) < 4.78 is 0. The van der Waals surface area contributed by atoms with Gasteiger partial charge in [0.2, 0.25) is 5.13 Å². The monoisotopic (exact) mass is 466 g/mol. The SMILES string of the molecule is O=[N+]([O-])c1cc(C=NNc2nc(-c3ccccc3)cs2)ccc1Sc1ccc(Cl)cc1. The van der Waals surface area contributed by atoms with Crippen molar-refractivity contribution in [3.8, 4) is 11.3 Å². The summed E-state index contributed by atoms with van der Waals surface area (Å²) in [7, 11) is 0. The highest BCUT2D eigenvalue weighted by molar-refractivity contribution is 7.99. The first-order chi connectivity index (χ1) is 15.1. The number of halogens is 1.